The molecule has 0 aliphatic carbocycles. The average molecular weight is 291 g/mol. The Balaban J connectivity index is 1.73. The van der Waals surface area contributed by atoms with Crippen molar-refractivity contribution in [2.75, 3.05) is 26.0 Å². The Bertz CT molecular complexity index is 482. The summed E-state index contributed by atoms with van der Waals surface area (Å²) in [5.41, 5.74) is 7.34. The zero-order valence-corrected chi connectivity index (χ0v) is 12.6. The Kier molecular flexibility index (Phi) is 4.17. The maximum absolute atomic E-state index is 6.06. The molecule has 0 spiro atoms. The van der Waals surface area contributed by atoms with Gasteiger partial charge in [0.25, 0.3) is 0 Å². The van der Waals surface area contributed by atoms with Crippen molar-refractivity contribution in [3.8, 4) is 0 Å². The fraction of sp³-hybridized carbons (Fsp3) is 0.533. The molecule has 5 heteroatoms. The van der Waals surface area contributed by atoms with E-state index in [1.54, 1.807) is 11.8 Å². The first-order valence-electron chi connectivity index (χ1n) is 7.10. The zero-order chi connectivity index (χ0) is 13.9. The van der Waals surface area contributed by atoms with Gasteiger partial charge in [0.1, 0.15) is 0 Å². The van der Waals surface area contributed by atoms with Crippen LogP contribution in [0.25, 0.3) is 0 Å². The van der Waals surface area contributed by atoms with E-state index in [0.717, 1.165) is 32.5 Å². The number of nitrogens with zero attached hydrogens (tertiary/aromatic N) is 2. The Labute approximate surface area is 124 Å². The van der Waals surface area contributed by atoms with Gasteiger partial charge in [-0.25, -0.2) is 0 Å². The van der Waals surface area contributed by atoms with Crippen LogP contribution in [-0.4, -0.2) is 42.9 Å². The summed E-state index contributed by atoms with van der Waals surface area (Å²) in [6.07, 6.45) is 4.68. The van der Waals surface area contributed by atoms with Crippen LogP contribution in [0.2, 0.25) is 0 Å². The summed E-state index contributed by atoms with van der Waals surface area (Å²) in [7, 11) is 0. The van der Waals surface area contributed by atoms with Gasteiger partial charge in [-0.2, -0.15) is 0 Å². The molecule has 2 atom stereocenters. The highest BCUT2D eigenvalue weighted by Crippen LogP contribution is 2.28. The van der Waals surface area contributed by atoms with Crippen molar-refractivity contribution in [3.05, 3.63) is 29.8 Å². The molecular weight excluding hydrogens is 270 g/mol. The monoisotopic (exact) mass is 291 g/mol. The summed E-state index contributed by atoms with van der Waals surface area (Å²) < 4.78 is 5.73. The van der Waals surface area contributed by atoms with Crippen LogP contribution in [0.4, 0.5) is 0 Å². The third-order valence-electron chi connectivity index (χ3n) is 4.02. The molecule has 2 aliphatic heterocycles. The van der Waals surface area contributed by atoms with Crippen molar-refractivity contribution < 1.29 is 4.74 Å². The summed E-state index contributed by atoms with van der Waals surface area (Å²) in [5, 5.41) is 0. The molecule has 0 saturated carbocycles. The fourth-order valence-electron chi connectivity index (χ4n) is 2.87. The van der Waals surface area contributed by atoms with Crippen LogP contribution >= 0.6 is 11.8 Å². The summed E-state index contributed by atoms with van der Waals surface area (Å²) >= 11 is 1.76. The maximum atomic E-state index is 6.06. The predicted octanol–water partition coefficient (Wildman–Crippen LogP) is 2.26. The van der Waals surface area contributed by atoms with Gasteiger partial charge in [-0.15, -0.1) is 11.8 Å². The molecule has 1 aromatic rings. The third kappa shape index (κ3) is 2.79. The molecular formula is C15H21N3OS. The van der Waals surface area contributed by atoms with Crippen LogP contribution in [0.1, 0.15) is 24.4 Å². The number of hydrogen-bond donors (Lipinski definition) is 1. The van der Waals surface area contributed by atoms with Crippen molar-refractivity contribution in [2.45, 2.75) is 29.9 Å². The summed E-state index contributed by atoms with van der Waals surface area (Å²) in [6, 6.07) is 8.97. The Hall–Kier alpha value is -1.20. The molecule has 2 unspecified atom stereocenters. The lowest BCUT2D eigenvalue weighted by molar-refractivity contribution is 0.0853. The zero-order valence-electron chi connectivity index (χ0n) is 11.8. The van der Waals surface area contributed by atoms with Gasteiger partial charge in [0, 0.05) is 18.0 Å². The van der Waals surface area contributed by atoms with E-state index in [9.17, 15) is 0 Å². The molecule has 20 heavy (non-hydrogen) atoms. The van der Waals surface area contributed by atoms with Crippen molar-refractivity contribution in [2.24, 2.45) is 10.7 Å². The number of rotatable bonds is 4. The lowest BCUT2D eigenvalue weighted by Gasteiger charge is -2.28. The quantitative estimate of drug-likeness (QED) is 0.865. The number of thioether (sulfide) groups is 1. The number of nitrogens with two attached hydrogens (primary N) is 1. The summed E-state index contributed by atoms with van der Waals surface area (Å²) in [6.45, 7) is 2.48. The van der Waals surface area contributed by atoms with Crippen LogP contribution in [0.5, 0.6) is 0 Å². The van der Waals surface area contributed by atoms with Crippen LogP contribution in [0, 0.1) is 0 Å². The molecule has 2 heterocycles. The highest BCUT2D eigenvalue weighted by Gasteiger charge is 2.30. The van der Waals surface area contributed by atoms with E-state index in [1.807, 2.05) is 0 Å². The summed E-state index contributed by atoms with van der Waals surface area (Å²) in [4.78, 5) is 7.90. The maximum Gasteiger partial charge on any atom is 0.192 e. The van der Waals surface area contributed by atoms with Gasteiger partial charge < -0.3 is 15.4 Å². The second-order valence-electron chi connectivity index (χ2n) is 5.28. The minimum atomic E-state index is 0.259. The van der Waals surface area contributed by atoms with Gasteiger partial charge in [-0.3, -0.25) is 4.99 Å². The van der Waals surface area contributed by atoms with Gasteiger partial charge in [0.05, 0.1) is 18.7 Å². The number of hydrogen-bond acceptors (Lipinski definition) is 5. The molecule has 1 aromatic carbocycles. The first-order chi connectivity index (χ1) is 9.78. The van der Waals surface area contributed by atoms with Crippen LogP contribution in [-0.2, 0) is 4.74 Å². The normalized spacial score (nSPS) is 26.1. The molecule has 2 N–H and O–H groups in total. The van der Waals surface area contributed by atoms with Crippen LogP contribution < -0.4 is 5.73 Å². The molecule has 0 bridgehead atoms. The van der Waals surface area contributed by atoms with Crippen LogP contribution in [0.3, 0.4) is 0 Å². The SMILES string of the molecule is CSc1ccc(C2CN=C(N)N2CC2CCCO2)cc1. The van der Waals surface area contributed by atoms with E-state index in [0.29, 0.717) is 12.1 Å². The smallest absolute Gasteiger partial charge is 0.192 e. The van der Waals surface area contributed by atoms with E-state index in [1.165, 1.54) is 10.5 Å². The van der Waals surface area contributed by atoms with Crippen molar-refractivity contribution in [1.29, 1.82) is 0 Å². The van der Waals surface area contributed by atoms with Gasteiger partial charge in [-0.05, 0) is 36.8 Å². The molecule has 1 saturated heterocycles. The Morgan fingerprint density at radius 2 is 2.20 bits per heavy atom. The minimum absolute atomic E-state index is 0.259. The topological polar surface area (TPSA) is 50.8 Å². The Morgan fingerprint density at radius 3 is 2.85 bits per heavy atom. The molecule has 2 aliphatic rings. The standard InChI is InChI=1S/C15H21N3OS/c1-20-13-6-4-11(5-7-13)14-9-17-15(16)18(14)10-12-3-2-8-19-12/h4-7,12,14H,2-3,8-10H2,1H3,(H2,16,17). The van der Waals surface area contributed by atoms with E-state index in [4.69, 9.17) is 10.5 Å². The number of ether oxygens (including phenoxy) is 1. The molecule has 1 fully saturated rings. The molecule has 0 radical (unpaired) electrons. The minimum Gasteiger partial charge on any atom is -0.376 e. The molecule has 0 amide bonds. The largest absolute Gasteiger partial charge is 0.376 e. The van der Waals surface area contributed by atoms with Crippen LogP contribution in [0.15, 0.2) is 34.2 Å². The van der Waals surface area contributed by atoms with Crippen molar-refractivity contribution in [3.63, 3.8) is 0 Å². The van der Waals surface area contributed by atoms with E-state index < -0.39 is 0 Å². The highest BCUT2D eigenvalue weighted by molar-refractivity contribution is 7.98. The number of guanidine groups is 1. The number of benzene rings is 1. The average Bonchev–Trinajstić information content (AvgIpc) is 3.11. The second-order valence-corrected chi connectivity index (χ2v) is 6.15. The van der Waals surface area contributed by atoms with Crippen molar-refractivity contribution >= 4 is 17.7 Å². The van der Waals surface area contributed by atoms with Gasteiger partial charge in [0.2, 0.25) is 0 Å². The first-order valence-corrected chi connectivity index (χ1v) is 8.32. The van der Waals surface area contributed by atoms with Gasteiger partial charge in [0.15, 0.2) is 5.96 Å². The fourth-order valence-corrected chi connectivity index (χ4v) is 3.28. The first kappa shape index (κ1) is 13.8. The summed E-state index contributed by atoms with van der Waals surface area (Å²) in [5.74, 6) is 0.652. The molecule has 4 nitrogen and oxygen atoms in total. The van der Waals surface area contributed by atoms with Gasteiger partial charge in [-0.1, -0.05) is 12.1 Å². The van der Waals surface area contributed by atoms with Gasteiger partial charge >= 0.3 is 0 Å². The number of aliphatic imine (C=N–C) groups is 1. The van der Waals surface area contributed by atoms with E-state index in [-0.39, 0.29) is 6.04 Å². The van der Waals surface area contributed by atoms with E-state index in [2.05, 4.69) is 40.4 Å². The lowest BCUT2D eigenvalue weighted by atomic mass is 10.1. The Morgan fingerprint density at radius 1 is 1.40 bits per heavy atom. The molecule has 108 valence electrons. The van der Waals surface area contributed by atoms with E-state index >= 15 is 0 Å². The molecule has 3 rings (SSSR count). The predicted molar refractivity (Wildman–Crippen MR) is 83.1 cm³/mol. The van der Waals surface area contributed by atoms with Crippen molar-refractivity contribution in [1.82, 2.24) is 4.90 Å². The lowest BCUT2D eigenvalue weighted by Crippen LogP contribution is -2.41. The third-order valence-corrected chi connectivity index (χ3v) is 4.77. The molecule has 0 aromatic heterocycles. The highest BCUT2D eigenvalue weighted by atomic mass is 32.2. The second kappa shape index (κ2) is 6.06.